The Labute approximate surface area is 177 Å². The number of phenolic OH excluding ortho intramolecular Hbond substituents is 1. The summed E-state index contributed by atoms with van der Waals surface area (Å²) in [6.45, 7) is 0.462. The predicted octanol–water partition coefficient (Wildman–Crippen LogP) is 3.67. The summed E-state index contributed by atoms with van der Waals surface area (Å²) < 4.78 is 8.65. The number of benzene rings is 3. The second-order valence-electron chi connectivity index (χ2n) is 7.25. The number of aromatic hydroxyl groups is 1. The molecular weight excluding hydrogens is 392 g/mol. The molecule has 7 heteroatoms. The Hall–Kier alpha value is -4.13. The van der Waals surface area contributed by atoms with Crippen LogP contribution in [0.15, 0.2) is 77.6 Å². The summed E-state index contributed by atoms with van der Waals surface area (Å²) in [5.74, 6) is 1.46. The normalized spacial score (nSPS) is 11.3. The number of aryl methyl sites for hydroxylation is 2. The Morgan fingerprint density at radius 1 is 0.968 bits per heavy atom. The fraction of sp³-hybridized carbons (Fsp3) is 0.125. The molecule has 5 aromatic rings. The van der Waals surface area contributed by atoms with Crippen LogP contribution in [0, 0.1) is 0 Å². The van der Waals surface area contributed by atoms with E-state index in [1.807, 2.05) is 52.9 Å². The van der Waals surface area contributed by atoms with Crippen molar-refractivity contribution in [1.82, 2.24) is 19.2 Å². The van der Waals surface area contributed by atoms with Gasteiger partial charge in [0.05, 0.1) is 23.6 Å². The van der Waals surface area contributed by atoms with Gasteiger partial charge in [-0.1, -0.05) is 42.5 Å². The van der Waals surface area contributed by atoms with Crippen LogP contribution in [0.4, 0.5) is 0 Å². The third-order valence-electron chi connectivity index (χ3n) is 5.42. The Morgan fingerprint density at radius 3 is 2.52 bits per heavy atom. The van der Waals surface area contributed by atoms with Crippen molar-refractivity contribution in [3.8, 4) is 22.9 Å². The summed E-state index contributed by atoms with van der Waals surface area (Å²) in [5, 5.41) is 19.8. The van der Waals surface area contributed by atoms with Gasteiger partial charge in [-0.15, -0.1) is 10.2 Å². The van der Waals surface area contributed by atoms with Crippen molar-refractivity contribution < 1.29 is 9.84 Å². The van der Waals surface area contributed by atoms with Gasteiger partial charge in [-0.2, -0.15) is 0 Å². The molecule has 0 fully saturated rings. The molecule has 0 spiro atoms. The predicted molar refractivity (Wildman–Crippen MR) is 119 cm³/mol. The highest BCUT2D eigenvalue weighted by Crippen LogP contribution is 2.32. The maximum Gasteiger partial charge on any atom is 0.262 e. The van der Waals surface area contributed by atoms with E-state index in [0.29, 0.717) is 46.8 Å². The molecule has 0 bridgehead atoms. The van der Waals surface area contributed by atoms with Crippen LogP contribution in [-0.4, -0.2) is 31.4 Å². The smallest absolute Gasteiger partial charge is 0.262 e. The third kappa shape index (κ3) is 3.20. The highest BCUT2D eigenvalue weighted by Gasteiger charge is 2.19. The lowest BCUT2D eigenvalue weighted by molar-refractivity contribution is 0.408. The molecule has 0 aliphatic heterocycles. The Bertz CT molecular complexity index is 1450. The number of hydrogen-bond acceptors (Lipinski definition) is 5. The molecule has 0 radical (unpaired) electrons. The summed E-state index contributed by atoms with van der Waals surface area (Å²) in [5.41, 5.74) is 2.21. The number of methoxy groups -OCH3 is 1. The summed E-state index contributed by atoms with van der Waals surface area (Å²) in [4.78, 5) is 13.3. The maximum atomic E-state index is 13.3. The van der Waals surface area contributed by atoms with Gasteiger partial charge in [0.25, 0.3) is 5.56 Å². The van der Waals surface area contributed by atoms with Crippen LogP contribution in [0.5, 0.6) is 11.5 Å². The Kier molecular flexibility index (Phi) is 4.63. The molecule has 0 aliphatic carbocycles. The lowest BCUT2D eigenvalue weighted by Crippen LogP contribution is -2.24. The Morgan fingerprint density at radius 2 is 1.74 bits per heavy atom. The molecule has 0 aliphatic rings. The van der Waals surface area contributed by atoms with Crippen molar-refractivity contribution in [3.63, 3.8) is 0 Å². The number of rotatable bonds is 5. The van der Waals surface area contributed by atoms with E-state index in [2.05, 4.69) is 10.2 Å². The number of fused-ring (bicyclic) bond motifs is 3. The average Bonchev–Trinajstić information content (AvgIpc) is 3.24. The third-order valence-corrected chi connectivity index (χ3v) is 5.42. The van der Waals surface area contributed by atoms with Gasteiger partial charge in [0.15, 0.2) is 5.82 Å². The lowest BCUT2D eigenvalue weighted by atomic mass is 10.1. The monoisotopic (exact) mass is 412 g/mol. The Balaban J connectivity index is 1.73. The fourth-order valence-electron chi connectivity index (χ4n) is 3.85. The summed E-state index contributed by atoms with van der Waals surface area (Å²) in [7, 11) is 1.54. The number of ether oxygens (including phenoxy) is 1. The van der Waals surface area contributed by atoms with E-state index >= 15 is 0 Å². The zero-order chi connectivity index (χ0) is 21.4. The minimum atomic E-state index is -0.114. The van der Waals surface area contributed by atoms with Crippen molar-refractivity contribution >= 4 is 16.7 Å². The summed E-state index contributed by atoms with van der Waals surface area (Å²) >= 11 is 0. The second-order valence-corrected chi connectivity index (χ2v) is 7.25. The molecule has 1 N–H and O–H groups in total. The van der Waals surface area contributed by atoms with Gasteiger partial charge < -0.3 is 9.84 Å². The van der Waals surface area contributed by atoms with Gasteiger partial charge in [0, 0.05) is 12.6 Å². The zero-order valence-corrected chi connectivity index (χ0v) is 16.9. The quantitative estimate of drug-likeness (QED) is 0.476. The van der Waals surface area contributed by atoms with Crippen LogP contribution in [-0.2, 0) is 13.0 Å². The molecule has 2 heterocycles. The number of para-hydroxylation sites is 1. The maximum absolute atomic E-state index is 13.3. The first-order chi connectivity index (χ1) is 15.2. The van der Waals surface area contributed by atoms with E-state index in [1.54, 1.807) is 29.9 Å². The van der Waals surface area contributed by atoms with Gasteiger partial charge in [-0.05, 0) is 36.2 Å². The van der Waals surface area contributed by atoms with Crippen LogP contribution in [0.2, 0.25) is 0 Å². The first-order valence-corrected chi connectivity index (χ1v) is 9.95. The van der Waals surface area contributed by atoms with E-state index in [4.69, 9.17) is 4.74 Å². The fourth-order valence-corrected chi connectivity index (χ4v) is 3.85. The van der Waals surface area contributed by atoms with Crippen molar-refractivity contribution in [1.29, 1.82) is 0 Å². The van der Waals surface area contributed by atoms with Gasteiger partial charge in [0.1, 0.15) is 11.5 Å². The number of hydrogen-bond donors (Lipinski definition) is 1. The molecule has 31 heavy (non-hydrogen) atoms. The van der Waals surface area contributed by atoms with E-state index < -0.39 is 0 Å². The highest BCUT2D eigenvalue weighted by atomic mass is 16.5. The zero-order valence-electron chi connectivity index (χ0n) is 16.9. The van der Waals surface area contributed by atoms with E-state index in [-0.39, 0.29) is 11.3 Å². The number of nitrogens with zero attached hydrogens (tertiary/aromatic N) is 4. The molecule has 0 saturated heterocycles. The van der Waals surface area contributed by atoms with E-state index in [9.17, 15) is 9.90 Å². The first kappa shape index (κ1) is 18.9. The highest BCUT2D eigenvalue weighted by molar-refractivity contribution is 5.83. The van der Waals surface area contributed by atoms with Gasteiger partial charge in [0.2, 0.25) is 5.78 Å². The summed E-state index contributed by atoms with van der Waals surface area (Å²) in [6.07, 6.45) is 0.685. The van der Waals surface area contributed by atoms with Gasteiger partial charge in [-0.25, -0.2) is 0 Å². The molecule has 0 unspecified atom stereocenters. The molecule has 7 nitrogen and oxygen atoms in total. The largest absolute Gasteiger partial charge is 0.507 e. The van der Waals surface area contributed by atoms with Gasteiger partial charge in [-0.3, -0.25) is 13.8 Å². The lowest BCUT2D eigenvalue weighted by Gasteiger charge is -2.12. The van der Waals surface area contributed by atoms with E-state index in [0.717, 1.165) is 5.56 Å². The van der Waals surface area contributed by atoms with Crippen LogP contribution in [0.3, 0.4) is 0 Å². The van der Waals surface area contributed by atoms with Crippen LogP contribution in [0.1, 0.15) is 5.56 Å². The van der Waals surface area contributed by atoms with E-state index in [1.165, 1.54) is 6.07 Å². The SMILES string of the molecule is COc1ccc(-c2nnc3n(CCc4ccccc4)c(=O)c4ccccc4n23)c(O)c1. The molecule has 0 saturated carbocycles. The minimum absolute atomic E-state index is 0.0276. The first-order valence-electron chi connectivity index (χ1n) is 9.95. The average molecular weight is 412 g/mol. The number of phenols is 1. The minimum Gasteiger partial charge on any atom is -0.507 e. The van der Waals surface area contributed by atoms with Crippen LogP contribution >= 0.6 is 0 Å². The van der Waals surface area contributed by atoms with Gasteiger partial charge >= 0.3 is 0 Å². The standard InChI is InChI=1S/C24H20N4O3/c1-31-17-11-12-19(21(29)15-17)22-25-26-24-27(14-13-16-7-3-2-4-8-16)23(30)18-9-5-6-10-20(18)28(22)24/h2-12,15,29H,13-14H2,1H3. The van der Waals surface area contributed by atoms with Crippen LogP contribution in [0.25, 0.3) is 28.1 Å². The molecule has 154 valence electrons. The molecular formula is C24H20N4O3. The molecule has 5 rings (SSSR count). The van der Waals surface area contributed by atoms with Crippen molar-refractivity contribution in [2.45, 2.75) is 13.0 Å². The topological polar surface area (TPSA) is 81.7 Å². The molecule has 0 amide bonds. The second kappa shape index (κ2) is 7.60. The van der Waals surface area contributed by atoms with Crippen LogP contribution < -0.4 is 10.3 Å². The van der Waals surface area contributed by atoms with Crippen molar-refractivity contribution in [3.05, 3.63) is 88.7 Å². The summed E-state index contributed by atoms with van der Waals surface area (Å²) in [6, 6.07) is 22.4. The van der Waals surface area contributed by atoms with Crippen molar-refractivity contribution in [2.75, 3.05) is 7.11 Å². The molecule has 0 atom stereocenters. The number of aromatic nitrogens is 4. The van der Waals surface area contributed by atoms with Crippen molar-refractivity contribution in [2.24, 2.45) is 0 Å². The molecule has 2 aromatic heterocycles. The molecule has 3 aromatic carbocycles.